The zero-order valence-corrected chi connectivity index (χ0v) is 17.1. The van der Waals surface area contributed by atoms with Gasteiger partial charge in [-0.1, -0.05) is 35.5 Å². The van der Waals surface area contributed by atoms with Gasteiger partial charge in [0.1, 0.15) is 5.82 Å². The number of nitrogens with zero attached hydrogens (tertiary/aromatic N) is 4. The van der Waals surface area contributed by atoms with Gasteiger partial charge in [0.25, 0.3) is 11.4 Å². The van der Waals surface area contributed by atoms with Crippen LogP contribution in [-0.4, -0.2) is 25.9 Å². The SMILES string of the molecule is Cc1ccc(-c2noc(COC(=O)c3nn(C(C)C)c(=O)c4ccccc34)n2)cc1F. The van der Waals surface area contributed by atoms with Crippen LogP contribution in [0.1, 0.15) is 41.8 Å². The lowest BCUT2D eigenvalue weighted by Crippen LogP contribution is -2.27. The summed E-state index contributed by atoms with van der Waals surface area (Å²) < 4.78 is 25.4. The molecule has 9 heteroatoms. The van der Waals surface area contributed by atoms with Crippen molar-refractivity contribution in [3.05, 3.63) is 75.8 Å². The lowest BCUT2D eigenvalue weighted by molar-refractivity contribution is 0.0422. The summed E-state index contributed by atoms with van der Waals surface area (Å²) in [6, 6.07) is 11.1. The quantitative estimate of drug-likeness (QED) is 0.451. The van der Waals surface area contributed by atoms with Crippen LogP contribution in [-0.2, 0) is 11.3 Å². The van der Waals surface area contributed by atoms with E-state index in [2.05, 4.69) is 15.2 Å². The second-order valence-electron chi connectivity index (χ2n) is 7.29. The van der Waals surface area contributed by atoms with Crippen molar-refractivity contribution in [1.29, 1.82) is 0 Å². The van der Waals surface area contributed by atoms with E-state index in [1.165, 1.54) is 10.7 Å². The molecule has 0 radical (unpaired) electrons. The van der Waals surface area contributed by atoms with Gasteiger partial charge in [-0.05, 0) is 38.5 Å². The maximum absolute atomic E-state index is 13.8. The Kier molecular flexibility index (Phi) is 5.33. The Morgan fingerprint density at radius 3 is 2.65 bits per heavy atom. The van der Waals surface area contributed by atoms with Gasteiger partial charge in [0, 0.05) is 10.9 Å². The number of fused-ring (bicyclic) bond motifs is 1. The minimum Gasteiger partial charge on any atom is -0.451 e. The third kappa shape index (κ3) is 3.94. The highest BCUT2D eigenvalue weighted by Gasteiger charge is 2.20. The van der Waals surface area contributed by atoms with Crippen molar-refractivity contribution >= 4 is 16.7 Å². The molecule has 0 atom stereocenters. The van der Waals surface area contributed by atoms with Crippen molar-refractivity contribution in [2.45, 2.75) is 33.4 Å². The first-order chi connectivity index (χ1) is 14.8. The van der Waals surface area contributed by atoms with Crippen LogP contribution >= 0.6 is 0 Å². The number of aryl methyl sites for hydroxylation is 1. The maximum Gasteiger partial charge on any atom is 0.359 e. The Labute approximate surface area is 176 Å². The predicted molar refractivity (Wildman–Crippen MR) is 110 cm³/mol. The number of hydrogen-bond acceptors (Lipinski definition) is 7. The standard InChI is InChI=1S/C22H19FN4O4/c1-12(2)27-21(28)16-7-5-4-6-15(16)19(25-27)22(29)30-11-18-24-20(26-31-18)14-9-8-13(3)17(23)10-14/h4-10,12H,11H2,1-3H3. The maximum atomic E-state index is 13.8. The highest BCUT2D eigenvalue weighted by molar-refractivity contribution is 6.02. The van der Waals surface area contributed by atoms with Gasteiger partial charge < -0.3 is 9.26 Å². The number of rotatable bonds is 5. The van der Waals surface area contributed by atoms with Gasteiger partial charge in [-0.25, -0.2) is 13.9 Å². The minimum atomic E-state index is -0.730. The summed E-state index contributed by atoms with van der Waals surface area (Å²) in [5.74, 6) is -0.882. The van der Waals surface area contributed by atoms with Crippen molar-refractivity contribution in [1.82, 2.24) is 19.9 Å². The van der Waals surface area contributed by atoms with Gasteiger partial charge >= 0.3 is 5.97 Å². The summed E-state index contributed by atoms with van der Waals surface area (Å²) in [7, 11) is 0. The molecule has 8 nitrogen and oxygen atoms in total. The van der Waals surface area contributed by atoms with Crippen molar-refractivity contribution in [3.8, 4) is 11.4 Å². The first-order valence-corrected chi connectivity index (χ1v) is 9.63. The van der Waals surface area contributed by atoms with E-state index >= 15 is 0 Å². The molecule has 0 spiro atoms. The van der Waals surface area contributed by atoms with Gasteiger partial charge in [0.05, 0.1) is 11.4 Å². The summed E-state index contributed by atoms with van der Waals surface area (Å²) in [6.07, 6.45) is 0. The molecule has 0 aliphatic heterocycles. The average molecular weight is 422 g/mol. The number of ether oxygens (including phenoxy) is 1. The Balaban J connectivity index is 1.58. The molecular weight excluding hydrogens is 403 g/mol. The summed E-state index contributed by atoms with van der Waals surface area (Å²) in [4.78, 5) is 29.5. The number of halogens is 1. The van der Waals surface area contributed by atoms with Crippen molar-refractivity contribution < 1.29 is 18.4 Å². The summed E-state index contributed by atoms with van der Waals surface area (Å²) in [5.41, 5.74) is 0.684. The van der Waals surface area contributed by atoms with Gasteiger partial charge in [0.15, 0.2) is 12.3 Å². The molecule has 4 aromatic rings. The van der Waals surface area contributed by atoms with Crippen LogP contribution in [0.2, 0.25) is 0 Å². The number of esters is 1. The highest BCUT2D eigenvalue weighted by atomic mass is 19.1. The molecule has 0 fully saturated rings. The summed E-state index contributed by atoms with van der Waals surface area (Å²) in [6.45, 7) is 4.95. The second kappa shape index (κ2) is 8.10. The zero-order chi connectivity index (χ0) is 22.1. The topological polar surface area (TPSA) is 100 Å². The van der Waals surface area contributed by atoms with E-state index in [9.17, 15) is 14.0 Å². The Hall–Kier alpha value is -3.88. The number of aromatic nitrogens is 4. The molecular formula is C22H19FN4O4. The van der Waals surface area contributed by atoms with Crippen LogP contribution in [0.3, 0.4) is 0 Å². The fourth-order valence-corrected chi connectivity index (χ4v) is 3.07. The molecule has 0 saturated carbocycles. The molecule has 2 heterocycles. The molecule has 31 heavy (non-hydrogen) atoms. The Morgan fingerprint density at radius 1 is 1.19 bits per heavy atom. The van der Waals surface area contributed by atoms with Crippen LogP contribution in [0.15, 0.2) is 51.8 Å². The Bertz CT molecular complexity index is 1340. The van der Waals surface area contributed by atoms with Crippen LogP contribution < -0.4 is 5.56 Å². The monoisotopic (exact) mass is 422 g/mol. The third-order valence-electron chi connectivity index (χ3n) is 4.74. The smallest absolute Gasteiger partial charge is 0.359 e. The van der Waals surface area contributed by atoms with Crippen LogP contribution in [0, 0.1) is 12.7 Å². The van der Waals surface area contributed by atoms with Crippen LogP contribution in [0.5, 0.6) is 0 Å². The molecule has 0 amide bonds. The lowest BCUT2D eigenvalue weighted by Gasteiger charge is -2.12. The first-order valence-electron chi connectivity index (χ1n) is 9.63. The number of carbonyl (C=O) groups is 1. The second-order valence-corrected chi connectivity index (χ2v) is 7.29. The Morgan fingerprint density at radius 2 is 1.94 bits per heavy atom. The number of benzene rings is 2. The summed E-state index contributed by atoms with van der Waals surface area (Å²) >= 11 is 0. The van der Waals surface area contributed by atoms with Gasteiger partial charge in [-0.2, -0.15) is 10.1 Å². The highest BCUT2D eigenvalue weighted by Crippen LogP contribution is 2.20. The van der Waals surface area contributed by atoms with E-state index < -0.39 is 5.97 Å². The zero-order valence-electron chi connectivity index (χ0n) is 17.1. The molecule has 0 bridgehead atoms. The van der Waals surface area contributed by atoms with Crippen LogP contribution in [0.25, 0.3) is 22.2 Å². The fraction of sp³-hybridized carbons (Fsp3) is 0.227. The van der Waals surface area contributed by atoms with E-state index in [-0.39, 0.29) is 41.4 Å². The number of hydrogen-bond donors (Lipinski definition) is 0. The third-order valence-corrected chi connectivity index (χ3v) is 4.74. The molecule has 158 valence electrons. The minimum absolute atomic E-state index is 0.0178. The van der Waals surface area contributed by atoms with Crippen molar-refractivity contribution in [2.24, 2.45) is 0 Å². The largest absolute Gasteiger partial charge is 0.451 e. The molecule has 4 rings (SSSR count). The van der Waals surface area contributed by atoms with Crippen LogP contribution in [0.4, 0.5) is 4.39 Å². The van der Waals surface area contributed by atoms with Gasteiger partial charge in [-0.15, -0.1) is 0 Å². The molecule has 0 unspecified atom stereocenters. The normalized spacial score (nSPS) is 11.3. The fourth-order valence-electron chi connectivity index (χ4n) is 3.07. The first kappa shape index (κ1) is 20.4. The van der Waals surface area contributed by atoms with E-state index in [0.717, 1.165) is 0 Å². The molecule has 0 saturated heterocycles. The van der Waals surface area contributed by atoms with Gasteiger partial charge in [-0.3, -0.25) is 4.79 Å². The predicted octanol–water partition coefficient (Wildman–Crippen LogP) is 3.83. The van der Waals surface area contributed by atoms with Crippen molar-refractivity contribution in [2.75, 3.05) is 0 Å². The van der Waals surface area contributed by atoms with E-state index in [1.54, 1.807) is 57.2 Å². The van der Waals surface area contributed by atoms with E-state index in [1.807, 2.05) is 0 Å². The molecule has 2 aromatic heterocycles. The molecule has 0 N–H and O–H groups in total. The summed E-state index contributed by atoms with van der Waals surface area (Å²) in [5, 5.41) is 8.78. The van der Waals surface area contributed by atoms with Crippen molar-refractivity contribution in [3.63, 3.8) is 0 Å². The molecule has 0 aliphatic rings. The molecule has 2 aromatic carbocycles. The van der Waals surface area contributed by atoms with E-state index in [4.69, 9.17) is 9.26 Å². The van der Waals surface area contributed by atoms with Gasteiger partial charge in [0.2, 0.25) is 5.82 Å². The lowest BCUT2D eigenvalue weighted by atomic mass is 10.1. The average Bonchev–Trinajstić information content (AvgIpc) is 3.23. The van der Waals surface area contributed by atoms with E-state index in [0.29, 0.717) is 21.9 Å². The number of carbonyl (C=O) groups excluding carboxylic acids is 1. The molecule has 0 aliphatic carbocycles.